The molecule has 0 radical (unpaired) electrons. The van der Waals surface area contributed by atoms with E-state index < -0.39 is 7.82 Å². The summed E-state index contributed by atoms with van der Waals surface area (Å²) >= 11 is 0. The van der Waals surface area contributed by atoms with Crippen molar-refractivity contribution in [2.24, 2.45) is 0 Å². The highest BCUT2D eigenvalue weighted by atomic mass is 31.2. The summed E-state index contributed by atoms with van der Waals surface area (Å²) in [6.45, 7) is 2.04. The predicted octanol–water partition coefficient (Wildman–Crippen LogP) is 0.844. The maximum absolute atomic E-state index is 10.6. The van der Waals surface area contributed by atoms with Gasteiger partial charge < -0.3 is 4.89 Å². The molecule has 0 aromatic rings. The third kappa shape index (κ3) is 2.04. The van der Waals surface area contributed by atoms with Crippen LogP contribution in [0.4, 0.5) is 0 Å². The number of rotatable bonds is 1. The maximum Gasteiger partial charge on any atom is 0.499 e. The Kier molecular flexibility index (Phi) is 2.44. The van der Waals surface area contributed by atoms with Gasteiger partial charge in [0.2, 0.25) is 0 Å². The smallest absolute Gasteiger partial charge is 0.301 e. The van der Waals surface area contributed by atoms with Crippen LogP contribution < -0.4 is 0 Å². The molecule has 6 heteroatoms. The molecule has 0 aliphatic carbocycles. The van der Waals surface area contributed by atoms with Gasteiger partial charge in [-0.05, 0) is 6.42 Å². The van der Waals surface area contributed by atoms with Crippen LogP contribution in [0.1, 0.15) is 13.3 Å². The zero-order chi connectivity index (χ0) is 7.61. The third-order valence-electron chi connectivity index (χ3n) is 1.14. The topological polar surface area (TPSA) is 65.0 Å². The van der Waals surface area contributed by atoms with Gasteiger partial charge >= 0.3 is 7.82 Å². The van der Waals surface area contributed by atoms with E-state index in [1.165, 1.54) is 0 Å². The molecule has 1 fully saturated rings. The molecular weight excluding hydrogens is 159 g/mol. The molecule has 60 valence electrons. The van der Waals surface area contributed by atoms with Crippen LogP contribution in [0, 0.1) is 0 Å². The van der Waals surface area contributed by atoms with Crippen molar-refractivity contribution in [2.45, 2.75) is 19.4 Å². The molecular formula is C4H9O5P. The van der Waals surface area contributed by atoms with Crippen molar-refractivity contribution in [3.63, 3.8) is 0 Å². The van der Waals surface area contributed by atoms with Gasteiger partial charge in [0, 0.05) is 0 Å². The number of phosphoric acid groups is 1. The Hall–Kier alpha value is 0.0700. The molecule has 2 unspecified atom stereocenters. The summed E-state index contributed by atoms with van der Waals surface area (Å²) in [7, 11) is -3.88. The van der Waals surface area contributed by atoms with E-state index in [0.29, 0.717) is 6.42 Å². The fourth-order valence-electron chi connectivity index (χ4n) is 0.602. The molecule has 0 amide bonds. The van der Waals surface area contributed by atoms with Crippen LogP contribution in [0.5, 0.6) is 0 Å². The van der Waals surface area contributed by atoms with E-state index in [4.69, 9.17) is 4.89 Å². The summed E-state index contributed by atoms with van der Waals surface area (Å²) in [6, 6.07) is 0. The van der Waals surface area contributed by atoms with E-state index in [9.17, 15) is 4.57 Å². The standard InChI is InChI=1S/C4H9O5P/c1-2-4-3-7-9-10(5,6)8-4/h4H,2-3H2,1H3,(H,5,6). The highest BCUT2D eigenvalue weighted by Gasteiger charge is 2.32. The second-order valence-electron chi connectivity index (χ2n) is 1.96. The van der Waals surface area contributed by atoms with E-state index in [-0.39, 0.29) is 12.7 Å². The minimum Gasteiger partial charge on any atom is -0.301 e. The van der Waals surface area contributed by atoms with E-state index in [1.807, 2.05) is 6.92 Å². The lowest BCUT2D eigenvalue weighted by Crippen LogP contribution is -2.23. The Labute approximate surface area is 58.4 Å². The average molecular weight is 168 g/mol. The lowest BCUT2D eigenvalue weighted by molar-refractivity contribution is -0.266. The molecule has 1 saturated heterocycles. The quantitative estimate of drug-likeness (QED) is 0.464. The lowest BCUT2D eigenvalue weighted by Gasteiger charge is -2.23. The molecule has 1 aliphatic heterocycles. The minimum atomic E-state index is -3.88. The van der Waals surface area contributed by atoms with Crippen molar-refractivity contribution in [2.75, 3.05) is 6.61 Å². The molecule has 2 atom stereocenters. The van der Waals surface area contributed by atoms with Crippen LogP contribution in [0.2, 0.25) is 0 Å². The number of hydrogen-bond donors (Lipinski definition) is 1. The molecule has 0 bridgehead atoms. The Morgan fingerprint density at radius 3 is 2.90 bits per heavy atom. The predicted molar refractivity (Wildman–Crippen MR) is 32.0 cm³/mol. The van der Waals surface area contributed by atoms with Crippen LogP contribution in [0.25, 0.3) is 0 Å². The van der Waals surface area contributed by atoms with Crippen LogP contribution >= 0.6 is 7.82 Å². The normalized spacial score (nSPS) is 41.6. The fourth-order valence-corrected chi connectivity index (χ4v) is 1.42. The Balaban J connectivity index is 2.48. The summed E-state index contributed by atoms with van der Waals surface area (Å²) in [5, 5.41) is 0. The van der Waals surface area contributed by atoms with Gasteiger partial charge in [0.25, 0.3) is 0 Å². The first-order valence-corrected chi connectivity index (χ1v) is 4.46. The van der Waals surface area contributed by atoms with E-state index in [0.717, 1.165) is 0 Å². The van der Waals surface area contributed by atoms with Gasteiger partial charge in [0.1, 0.15) is 6.61 Å². The van der Waals surface area contributed by atoms with Crippen molar-refractivity contribution in [1.29, 1.82) is 0 Å². The van der Waals surface area contributed by atoms with Crippen molar-refractivity contribution in [3.05, 3.63) is 0 Å². The highest BCUT2D eigenvalue weighted by molar-refractivity contribution is 7.47. The molecule has 0 saturated carbocycles. The second kappa shape index (κ2) is 2.98. The van der Waals surface area contributed by atoms with E-state index in [2.05, 4.69) is 14.1 Å². The first-order valence-electron chi connectivity index (χ1n) is 2.96. The van der Waals surface area contributed by atoms with Gasteiger partial charge in [-0.15, -0.1) is 4.67 Å². The van der Waals surface area contributed by atoms with Crippen molar-refractivity contribution >= 4 is 7.82 Å². The number of phosphoric ester groups is 1. The fraction of sp³-hybridized carbons (Fsp3) is 1.00. The summed E-state index contributed by atoms with van der Waals surface area (Å²) in [5.74, 6) is 0. The van der Waals surface area contributed by atoms with Crippen LogP contribution in [-0.2, 0) is 18.7 Å². The highest BCUT2D eigenvalue weighted by Crippen LogP contribution is 2.47. The summed E-state index contributed by atoms with van der Waals surface area (Å²) < 4.78 is 19.2. The number of hydrogen-bond acceptors (Lipinski definition) is 4. The van der Waals surface area contributed by atoms with Crippen molar-refractivity contribution in [1.82, 2.24) is 0 Å². The van der Waals surface area contributed by atoms with Crippen LogP contribution in [-0.4, -0.2) is 17.6 Å². The average Bonchev–Trinajstić information content (AvgIpc) is 1.86. The van der Waals surface area contributed by atoms with Gasteiger partial charge in [-0.3, -0.25) is 4.52 Å². The SMILES string of the molecule is CCC1COOP(=O)(O)O1. The summed E-state index contributed by atoms with van der Waals surface area (Å²) in [6.07, 6.45) is 0.304. The second-order valence-corrected chi connectivity index (χ2v) is 3.26. The molecule has 10 heavy (non-hydrogen) atoms. The molecule has 1 rings (SSSR count). The summed E-state index contributed by atoms with van der Waals surface area (Å²) in [5.41, 5.74) is 0. The molecule has 1 N–H and O–H groups in total. The monoisotopic (exact) mass is 168 g/mol. The van der Waals surface area contributed by atoms with Crippen molar-refractivity contribution < 1.29 is 23.5 Å². The van der Waals surface area contributed by atoms with Gasteiger partial charge in [0.05, 0.1) is 6.10 Å². The first-order chi connectivity index (χ1) is 4.64. The van der Waals surface area contributed by atoms with Gasteiger partial charge in [-0.1, -0.05) is 6.92 Å². The largest absolute Gasteiger partial charge is 0.499 e. The van der Waals surface area contributed by atoms with E-state index >= 15 is 0 Å². The molecule has 1 heterocycles. The minimum absolute atomic E-state index is 0.209. The molecule has 1 aliphatic rings. The van der Waals surface area contributed by atoms with Gasteiger partial charge in [-0.25, -0.2) is 9.45 Å². The third-order valence-corrected chi connectivity index (χ3v) is 2.00. The lowest BCUT2D eigenvalue weighted by atomic mass is 10.3. The zero-order valence-corrected chi connectivity index (χ0v) is 6.41. The Bertz CT molecular complexity index is 158. The van der Waals surface area contributed by atoms with Crippen molar-refractivity contribution in [3.8, 4) is 0 Å². The molecule has 0 aromatic carbocycles. The van der Waals surface area contributed by atoms with Gasteiger partial charge in [0.15, 0.2) is 0 Å². The molecule has 0 aromatic heterocycles. The molecule has 5 nitrogen and oxygen atoms in total. The summed E-state index contributed by atoms with van der Waals surface area (Å²) in [4.78, 5) is 13.0. The van der Waals surface area contributed by atoms with Crippen LogP contribution in [0.15, 0.2) is 0 Å². The Morgan fingerprint density at radius 1 is 1.80 bits per heavy atom. The van der Waals surface area contributed by atoms with Gasteiger partial charge in [-0.2, -0.15) is 0 Å². The molecule has 0 spiro atoms. The Morgan fingerprint density at radius 2 is 2.50 bits per heavy atom. The zero-order valence-electron chi connectivity index (χ0n) is 5.52. The van der Waals surface area contributed by atoms with E-state index in [1.54, 1.807) is 0 Å². The first kappa shape index (κ1) is 8.17. The van der Waals surface area contributed by atoms with Crippen LogP contribution in [0.3, 0.4) is 0 Å². The maximum atomic E-state index is 10.6.